The van der Waals surface area contributed by atoms with Crippen LogP contribution in [-0.2, 0) is 0 Å². The largest absolute Gasteiger partial charge is 0.353 e. The molecule has 0 aliphatic rings. The first-order valence-corrected chi connectivity index (χ1v) is 6.33. The Morgan fingerprint density at radius 2 is 2.37 bits per heavy atom. The number of carbonyl (C=O) groups excluding carboxylic acids is 1. The smallest absolute Gasteiger partial charge is 0.287 e. The number of H-pyrrole nitrogens is 1. The molecule has 0 saturated carbocycles. The van der Waals surface area contributed by atoms with E-state index in [0.717, 1.165) is 5.69 Å². The van der Waals surface area contributed by atoms with E-state index in [2.05, 4.69) is 15.0 Å². The quantitative estimate of drug-likeness (QED) is 0.295. The molecule has 2 aromatic heterocycles. The topological polar surface area (TPSA) is 102 Å². The fraction of sp³-hybridized carbons (Fsp3) is 0.182. The van der Waals surface area contributed by atoms with Crippen LogP contribution in [0.25, 0.3) is 0 Å². The van der Waals surface area contributed by atoms with E-state index in [-0.39, 0.29) is 22.9 Å². The summed E-state index contributed by atoms with van der Waals surface area (Å²) in [5.41, 5.74) is 0.910. The van der Waals surface area contributed by atoms with Crippen LogP contribution in [0.3, 0.4) is 0 Å². The number of thioether (sulfide) groups is 1. The van der Waals surface area contributed by atoms with Gasteiger partial charge in [-0.1, -0.05) is 11.8 Å². The van der Waals surface area contributed by atoms with Gasteiger partial charge in [0.05, 0.1) is 22.6 Å². The number of nitro groups is 1. The van der Waals surface area contributed by atoms with Gasteiger partial charge < -0.3 is 4.98 Å². The van der Waals surface area contributed by atoms with E-state index >= 15 is 0 Å². The van der Waals surface area contributed by atoms with Gasteiger partial charge in [0, 0.05) is 18.0 Å². The van der Waals surface area contributed by atoms with Gasteiger partial charge >= 0.3 is 0 Å². The predicted octanol–water partition coefficient (Wildman–Crippen LogP) is 2.00. The number of nitrogens with zero attached hydrogens (tertiary/aromatic N) is 3. The summed E-state index contributed by atoms with van der Waals surface area (Å²) in [5.74, 6) is -0.107. The van der Waals surface area contributed by atoms with Crippen molar-refractivity contribution in [1.29, 1.82) is 0 Å². The Labute approximate surface area is 112 Å². The van der Waals surface area contributed by atoms with Crippen LogP contribution >= 0.6 is 11.8 Å². The van der Waals surface area contributed by atoms with Crippen LogP contribution in [0.2, 0.25) is 0 Å². The van der Waals surface area contributed by atoms with Crippen molar-refractivity contribution < 1.29 is 9.72 Å². The van der Waals surface area contributed by atoms with Gasteiger partial charge in [0.25, 0.3) is 5.69 Å². The first kappa shape index (κ1) is 13.2. The minimum atomic E-state index is -0.551. The van der Waals surface area contributed by atoms with Crippen LogP contribution in [0, 0.1) is 17.0 Å². The summed E-state index contributed by atoms with van der Waals surface area (Å²) in [6.45, 7) is 1.84. The molecule has 0 aliphatic carbocycles. The highest BCUT2D eigenvalue weighted by atomic mass is 32.2. The van der Waals surface area contributed by atoms with Gasteiger partial charge in [0.15, 0.2) is 10.9 Å². The minimum Gasteiger partial charge on any atom is -0.353 e. The second-order valence-electron chi connectivity index (χ2n) is 3.72. The van der Waals surface area contributed by atoms with Crippen LogP contribution in [0.15, 0.2) is 29.7 Å². The monoisotopic (exact) mass is 278 g/mol. The number of Topliss-reactive ketones (excluding diaryl/α,β-unsaturated/α-hetero) is 1. The highest BCUT2D eigenvalue weighted by Crippen LogP contribution is 2.17. The summed E-state index contributed by atoms with van der Waals surface area (Å²) in [6, 6.07) is 2.99. The lowest BCUT2D eigenvalue weighted by Gasteiger charge is -1.99. The van der Waals surface area contributed by atoms with Crippen LogP contribution in [-0.4, -0.2) is 31.4 Å². The molecule has 2 aromatic rings. The average Bonchev–Trinajstić information content (AvgIpc) is 2.86. The fourth-order valence-electron chi connectivity index (χ4n) is 1.35. The van der Waals surface area contributed by atoms with Crippen LogP contribution < -0.4 is 0 Å². The van der Waals surface area contributed by atoms with E-state index in [0.29, 0.717) is 5.16 Å². The molecule has 0 bridgehead atoms. The van der Waals surface area contributed by atoms with E-state index in [1.807, 2.05) is 6.92 Å². The third-order valence-electron chi connectivity index (χ3n) is 2.28. The molecule has 0 aliphatic heterocycles. The first-order valence-electron chi connectivity index (χ1n) is 5.34. The number of hydrogen-bond acceptors (Lipinski definition) is 6. The Balaban J connectivity index is 1.99. The third-order valence-corrected chi connectivity index (χ3v) is 3.15. The Bertz CT molecular complexity index is 626. The third kappa shape index (κ3) is 3.38. The van der Waals surface area contributed by atoms with E-state index in [9.17, 15) is 14.9 Å². The second-order valence-corrected chi connectivity index (χ2v) is 4.66. The summed E-state index contributed by atoms with van der Waals surface area (Å²) in [4.78, 5) is 32.5. The number of rotatable bonds is 5. The van der Waals surface area contributed by atoms with Crippen molar-refractivity contribution in [2.45, 2.75) is 12.1 Å². The average molecular weight is 278 g/mol. The molecule has 8 heteroatoms. The van der Waals surface area contributed by atoms with Crippen molar-refractivity contribution in [3.8, 4) is 0 Å². The molecule has 98 valence electrons. The number of aromatic amines is 1. The normalized spacial score (nSPS) is 10.4. The number of carbonyl (C=O) groups is 1. The molecule has 0 aromatic carbocycles. The zero-order valence-electron chi connectivity index (χ0n) is 9.99. The van der Waals surface area contributed by atoms with Crippen molar-refractivity contribution in [1.82, 2.24) is 15.0 Å². The summed E-state index contributed by atoms with van der Waals surface area (Å²) in [6.07, 6.45) is 2.82. The molecule has 0 fully saturated rings. The number of nitrogens with one attached hydrogen (secondary N) is 1. The molecule has 0 unspecified atom stereocenters. The minimum absolute atomic E-state index is 0.125. The summed E-state index contributed by atoms with van der Waals surface area (Å²) in [5, 5.41) is 11.0. The molecule has 2 rings (SSSR count). The Morgan fingerprint density at radius 3 is 3.00 bits per heavy atom. The van der Waals surface area contributed by atoms with E-state index in [4.69, 9.17) is 0 Å². The lowest BCUT2D eigenvalue weighted by molar-refractivity contribution is -0.384. The van der Waals surface area contributed by atoms with Gasteiger partial charge in [-0.05, 0) is 13.0 Å². The van der Waals surface area contributed by atoms with E-state index < -0.39 is 4.92 Å². The second kappa shape index (κ2) is 5.61. The maximum Gasteiger partial charge on any atom is 0.287 e. The molecule has 0 atom stereocenters. The Morgan fingerprint density at radius 1 is 1.58 bits per heavy atom. The van der Waals surface area contributed by atoms with Crippen molar-refractivity contribution in [3.63, 3.8) is 0 Å². The number of aromatic nitrogens is 3. The van der Waals surface area contributed by atoms with Gasteiger partial charge in [-0.2, -0.15) is 0 Å². The predicted molar refractivity (Wildman–Crippen MR) is 69.3 cm³/mol. The summed E-state index contributed by atoms with van der Waals surface area (Å²) in [7, 11) is 0. The number of aryl methyl sites for hydroxylation is 1. The standard InChI is InChI=1S/C11H10N4O3S/c1-7-2-3-12-11(14-7)19-6-10(16)9-4-8(5-13-9)15(17)18/h2-5,13H,6H2,1H3. The molecule has 0 amide bonds. The van der Waals surface area contributed by atoms with Gasteiger partial charge in [0.1, 0.15) is 0 Å². The fourth-order valence-corrected chi connectivity index (χ4v) is 2.11. The lowest BCUT2D eigenvalue weighted by atomic mass is 10.3. The van der Waals surface area contributed by atoms with E-state index in [1.165, 1.54) is 24.0 Å². The molecule has 2 heterocycles. The van der Waals surface area contributed by atoms with Crippen LogP contribution in [0.5, 0.6) is 0 Å². The van der Waals surface area contributed by atoms with E-state index in [1.54, 1.807) is 12.3 Å². The molecule has 0 saturated heterocycles. The zero-order chi connectivity index (χ0) is 13.8. The van der Waals surface area contributed by atoms with Crippen LogP contribution in [0.4, 0.5) is 5.69 Å². The van der Waals surface area contributed by atoms with Crippen molar-refractivity contribution in [2.24, 2.45) is 0 Å². The molecular formula is C11H10N4O3S. The lowest BCUT2D eigenvalue weighted by Crippen LogP contribution is -2.03. The number of hydrogen-bond donors (Lipinski definition) is 1. The molecule has 1 N–H and O–H groups in total. The Kier molecular flexibility index (Phi) is 3.91. The zero-order valence-corrected chi connectivity index (χ0v) is 10.8. The summed E-state index contributed by atoms with van der Waals surface area (Å²) < 4.78 is 0. The molecule has 0 spiro atoms. The van der Waals surface area contributed by atoms with Gasteiger partial charge in [-0.3, -0.25) is 14.9 Å². The van der Waals surface area contributed by atoms with Crippen molar-refractivity contribution in [3.05, 3.63) is 46.0 Å². The molecule has 0 radical (unpaired) electrons. The molecular weight excluding hydrogens is 268 g/mol. The maximum absolute atomic E-state index is 11.8. The summed E-state index contributed by atoms with van der Waals surface area (Å²) >= 11 is 1.19. The van der Waals surface area contributed by atoms with Crippen molar-refractivity contribution in [2.75, 3.05) is 5.75 Å². The first-order chi connectivity index (χ1) is 9.06. The highest BCUT2D eigenvalue weighted by Gasteiger charge is 2.15. The molecule has 7 nitrogen and oxygen atoms in total. The van der Waals surface area contributed by atoms with Gasteiger partial charge in [-0.15, -0.1) is 0 Å². The highest BCUT2D eigenvalue weighted by molar-refractivity contribution is 7.99. The number of ketones is 1. The molecule has 19 heavy (non-hydrogen) atoms. The SMILES string of the molecule is Cc1ccnc(SCC(=O)c2cc([N+](=O)[O-])c[nH]2)n1. The Hall–Kier alpha value is -2.22. The van der Waals surface area contributed by atoms with Gasteiger partial charge in [-0.25, -0.2) is 9.97 Å². The van der Waals surface area contributed by atoms with Crippen LogP contribution in [0.1, 0.15) is 16.2 Å². The van der Waals surface area contributed by atoms with Crippen molar-refractivity contribution >= 4 is 23.2 Å². The maximum atomic E-state index is 11.8. The van der Waals surface area contributed by atoms with Gasteiger partial charge in [0.2, 0.25) is 0 Å².